The molecule has 0 spiro atoms. The van der Waals surface area contributed by atoms with E-state index >= 15 is 0 Å². The molecule has 1 amide bonds. The highest BCUT2D eigenvalue weighted by Crippen LogP contribution is 2.27. The van der Waals surface area contributed by atoms with Crippen molar-refractivity contribution in [3.8, 4) is 5.75 Å². The number of rotatable bonds is 8. The summed E-state index contributed by atoms with van der Waals surface area (Å²) in [6.45, 7) is 0. The number of carboxylic acids is 1. The van der Waals surface area contributed by atoms with Gasteiger partial charge in [-0.1, -0.05) is 54.6 Å². The Morgan fingerprint density at radius 3 is 2.50 bits per heavy atom. The fourth-order valence-corrected chi connectivity index (χ4v) is 3.19. The summed E-state index contributed by atoms with van der Waals surface area (Å²) in [5.41, 5.74) is 1.41. The zero-order chi connectivity index (χ0) is 21.3. The Morgan fingerprint density at radius 2 is 1.73 bits per heavy atom. The van der Waals surface area contributed by atoms with Crippen molar-refractivity contribution in [3.05, 3.63) is 84.4 Å². The van der Waals surface area contributed by atoms with Crippen LogP contribution in [0.1, 0.15) is 30.9 Å². The van der Waals surface area contributed by atoms with Gasteiger partial charge in [0.05, 0.1) is 5.69 Å². The van der Waals surface area contributed by atoms with Gasteiger partial charge in [-0.05, 0) is 48.4 Å². The lowest BCUT2D eigenvalue weighted by atomic mass is 10.0. The number of aromatic hydroxyl groups is 1. The van der Waals surface area contributed by atoms with E-state index in [1.54, 1.807) is 30.3 Å². The SMILES string of the molecule is O=C(O)/C=C/CCC[C@H](OC(=O)Nc1cccc2ccccc12)c1ccc(O)cc1. The maximum atomic E-state index is 12.6. The summed E-state index contributed by atoms with van der Waals surface area (Å²) in [6, 6.07) is 19.9. The van der Waals surface area contributed by atoms with E-state index in [4.69, 9.17) is 9.84 Å². The van der Waals surface area contributed by atoms with Crippen LogP contribution in [0.5, 0.6) is 5.75 Å². The molecule has 0 heterocycles. The first-order chi connectivity index (χ1) is 14.5. The monoisotopic (exact) mass is 405 g/mol. The van der Waals surface area contributed by atoms with E-state index in [1.165, 1.54) is 0 Å². The van der Waals surface area contributed by atoms with Crippen LogP contribution in [0.15, 0.2) is 78.9 Å². The minimum atomic E-state index is -0.990. The lowest BCUT2D eigenvalue weighted by Crippen LogP contribution is -2.18. The fourth-order valence-electron chi connectivity index (χ4n) is 3.19. The Bertz CT molecular complexity index is 1040. The van der Waals surface area contributed by atoms with Crippen molar-refractivity contribution in [2.24, 2.45) is 0 Å². The highest BCUT2D eigenvalue weighted by Gasteiger charge is 2.17. The molecule has 0 aliphatic heterocycles. The Morgan fingerprint density at radius 1 is 1.00 bits per heavy atom. The van der Waals surface area contributed by atoms with Crippen LogP contribution in [0.4, 0.5) is 10.5 Å². The number of unbranched alkanes of at least 4 members (excludes halogenated alkanes) is 1. The summed E-state index contributed by atoms with van der Waals surface area (Å²) in [6.07, 6.45) is 3.27. The third-order valence-electron chi connectivity index (χ3n) is 4.64. The van der Waals surface area contributed by atoms with Crippen molar-refractivity contribution in [2.75, 3.05) is 5.32 Å². The average molecular weight is 405 g/mol. The number of carboxylic acid groups (broad SMARTS) is 1. The summed E-state index contributed by atoms with van der Waals surface area (Å²) in [5, 5.41) is 22.9. The molecule has 3 rings (SSSR count). The fraction of sp³-hybridized carbons (Fsp3) is 0.167. The van der Waals surface area contributed by atoms with Crippen LogP contribution < -0.4 is 5.32 Å². The van der Waals surface area contributed by atoms with Crippen LogP contribution in [0.2, 0.25) is 0 Å². The summed E-state index contributed by atoms with van der Waals surface area (Å²) in [4.78, 5) is 23.2. The van der Waals surface area contributed by atoms with E-state index in [9.17, 15) is 14.7 Å². The highest BCUT2D eigenvalue weighted by atomic mass is 16.6. The van der Waals surface area contributed by atoms with Crippen LogP contribution >= 0.6 is 0 Å². The predicted octanol–water partition coefficient (Wildman–Crippen LogP) is 5.65. The second-order valence-corrected chi connectivity index (χ2v) is 6.81. The quantitative estimate of drug-likeness (QED) is 0.333. The maximum Gasteiger partial charge on any atom is 0.412 e. The lowest BCUT2D eigenvalue weighted by Gasteiger charge is -2.19. The number of carbonyl (C=O) groups excluding carboxylic acids is 1. The van der Waals surface area contributed by atoms with Gasteiger partial charge in [0.15, 0.2) is 0 Å². The third-order valence-corrected chi connectivity index (χ3v) is 4.64. The molecule has 0 aliphatic carbocycles. The number of hydrogen-bond acceptors (Lipinski definition) is 4. The molecule has 0 bridgehead atoms. The standard InChI is InChI=1S/C24H23NO5/c26-19-15-13-18(14-16-19)22(11-2-1-3-12-23(27)28)30-24(29)25-21-10-6-8-17-7-4-5-9-20(17)21/h3-10,12-16,22,26H,1-2,11H2,(H,25,29)(H,27,28)/b12-3+/t22-/m0/s1. The molecule has 6 nitrogen and oxygen atoms in total. The van der Waals surface area contributed by atoms with Gasteiger partial charge in [0.2, 0.25) is 0 Å². The maximum absolute atomic E-state index is 12.6. The molecule has 3 N–H and O–H groups in total. The molecular weight excluding hydrogens is 382 g/mol. The first-order valence-electron chi connectivity index (χ1n) is 9.67. The van der Waals surface area contributed by atoms with Gasteiger partial charge in [-0.2, -0.15) is 0 Å². The molecule has 3 aromatic rings. The number of ether oxygens (including phenoxy) is 1. The number of fused-ring (bicyclic) bond motifs is 1. The normalized spacial score (nSPS) is 12.0. The number of benzene rings is 3. The van der Waals surface area contributed by atoms with Crippen LogP contribution in [0.3, 0.4) is 0 Å². The average Bonchev–Trinajstić information content (AvgIpc) is 2.73. The smallest absolute Gasteiger partial charge is 0.412 e. The zero-order valence-electron chi connectivity index (χ0n) is 16.3. The number of anilines is 1. The molecule has 0 radical (unpaired) electrons. The van der Waals surface area contributed by atoms with Gasteiger partial charge in [-0.3, -0.25) is 5.32 Å². The first kappa shape index (κ1) is 20.9. The number of aliphatic carboxylic acids is 1. The van der Waals surface area contributed by atoms with E-state index in [0.717, 1.165) is 22.4 Å². The summed E-state index contributed by atoms with van der Waals surface area (Å²) in [7, 11) is 0. The molecule has 0 aromatic heterocycles. The van der Waals surface area contributed by atoms with Gasteiger partial charge in [-0.25, -0.2) is 9.59 Å². The number of phenolic OH excluding ortho intramolecular Hbond substituents is 1. The van der Waals surface area contributed by atoms with Gasteiger partial charge in [0.25, 0.3) is 0 Å². The van der Waals surface area contributed by atoms with Gasteiger partial charge in [0.1, 0.15) is 11.9 Å². The molecule has 0 fully saturated rings. The molecule has 3 aromatic carbocycles. The van der Waals surface area contributed by atoms with Gasteiger partial charge >= 0.3 is 12.1 Å². The van der Waals surface area contributed by atoms with E-state index in [0.29, 0.717) is 24.9 Å². The number of allylic oxidation sites excluding steroid dienone is 1. The van der Waals surface area contributed by atoms with Crippen LogP contribution in [0.25, 0.3) is 10.8 Å². The number of phenols is 1. The Hall–Kier alpha value is -3.80. The van der Waals surface area contributed by atoms with Crippen molar-refractivity contribution in [2.45, 2.75) is 25.4 Å². The molecule has 0 aliphatic rings. The molecule has 0 saturated carbocycles. The number of carbonyl (C=O) groups is 2. The van der Waals surface area contributed by atoms with E-state index < -0.39 is 18.2 Å². The van der Waals surface area contributed by atoms with Crippen molar-refractivity contribution >= 4 is 28.5 Å². The molecule has 0 saturated heterocycles. The number of hydrogen-bond donors (Lipinski definition) is 3. The van der Waals surface area contributed by atoms with Crippen molar-refractivity contribution in [1.29, 1.82) is 0 Å². The van der Waals surface area contributed by atoms with Crippen LogP contribution in [-0.4, -0.2) is 22.3 Å². The molecular formula is C24H23NO5. The third kappa shape index (κ3) is 5.85. The second-order valence-electron chi connectivity index (χ2n) is 6.81. The van der Waals surface area contributed by atoms with E-state index in [2.05, 4.69) is 5.32 Å². The summed E-state index contributed by atoms with van der Waals surface area (Å²) in [5.74, 6) is -0.863. The van der Waals surface area contributed by atoms with Crippen molar-refractivity contribution in [1.82, 2.24) is 0 Å². The van der Waals surface area contributed by atoms with Gasteiger partial charge in [-0.15, -0.1) is 0 Å². The first-order valence-corrected chi connectivity index (χ1v) is 9.67. The van der Waals surface area contributed by atoms with Crippen molar-refractivity contribution < 1.29 is 24.5 Å². The minimum absolute atomic E-state index is 0.127. The van der Waals surface area contributed by atoms with Gasteiger partial charge in [0, 0.05) is 11.5 Å². The highest BCUT2D eigenvalue weighted by molar-refractivity contribution is 6.00. The number of nitrogens with one attached hydrogen (secondary N) is 1. The Labute approximate surface area is 174 Å². The summed E-state index contributed by atoms with van der Waals surface area (Å²) < 4.78 is 5.68. The van der Waals surface area contributed by atoms with Crippen LogP contribution in [-0.2, 0) is 9.53 Å². The molecule has 154 valence electrons. The molecule has 0 unspecified atom stereocenters. The molecule has 6 heteroatoms. The summed E-state index contributed by atoms with van der Waals surface area (Å²) >= 11 is 0. The van der Waals surface area contributed by atoms with Crippen molar-refractivity contribution in [3.63, 3.8) is 0 Å². The lowest BCUT2D eigenvalue weighted by molar-refractivity contribution is -0.131. The molecule has 1 atom stereocenters. The Kier molecular flexibility index (Phi) is 7.05. The Balaban J connectivity index is 1.70. The molecule has 30 heavy (non-hydrogen) atoms. The number of amides is 1. The minimum Gasteiger partial charge on any atom is -0.508 e. The van der Waals surface area contributed by atoms with Crippen LogP contribution in [0, 0.1) is 0 Å². The zero-order valence-corrected chi connectivity index (χ0v) is 16.3. The predicted molar refractivity (Wildman–Crippen MR) is 116 cm³/mol. The topological polar surface area (TPSA) is 95.9 Å². The van der Waals surface area contributed by atoms with E-state index in [-0.39, 0.29) is 5.75 Å². The van der Waals surface area contributed by atoms with Gasteiger partial charge < -0.3 is 14.9 Å². The van der Waals surface area contributed by atoms with E-state index in [1.807, 2.05) is 42.5 Å². The second kappa shape index (κ2) is 10.1. The largest absolute Gasteiger partial charge is 0.508 e.